The smallest absolute Gasteiger partial charge is 0.249 e. The predicted molar refractivity (Wildman–Crippen MR) is 247 cm³/mol. The number of rotatable bonds is 44. The van der Waals surface area contributed by atoms with E-state index in [0.717, 1.165) is 51.4 Å². The van der Waals surface area contributed by atoms with Crippen molar-refractivity contribution >= 4 is 5.91 Å². The standard InChI is InChI=1S/C51H95NO5/c1-3-5-7-9-11-13-15-16-17-18-19-20-21-22-23-24-25-26-27-28-29-30-31-32-33-35-37-39-41-43-45-49(55)51(57)52-47(46-53)50(56)48(54)44-42-40-38-36-34-14-12-10-8-6-4-2/h10,12,19-20,22-23,36,38,47-50,53-56H,3-9,11,13-18,21,24-35,37,39-46H2,1-2H3,(H,52,57)/b12-10+,20-19-,23-22-,38-36+. The number of allylic oxidation sites excluding steroid dienone is 8. The Labute approximate surface area is 353 Å². The van der Waals surface area contributed by atoms with Crippen LogP contribution in [0.1, 0.15) is 239 Å². The molecule has 0 aliphatic carbocycles. The van der Waals surface area contributed by atoms with Gasteiger partial charge in [0, 0.05) is 0 Å². The molecule has 57 heavy (non-hydrogen) atoms. The van der Waals surface area contributed by atoms with Crippen LogP contribution >= 0.6 is 0 Å². The summed E-state index contributed by atoms with van der Waals surface area (Å²) in [7, 11) is 0. The topological polar surface area (TPSA) is 110 Å². The molecule has 5 N–H and O–H groups in total. The van der Waals surface area contributed by atoms with E-state index in [-0.39, 0.29) is 0 Å². The van der Waals surface area contributed by atoms with Crippen molar-refractivity contribution in [1.29, 1.82) is 0 Å². The summed E-state index contributed by atoms with van der Waals surface area (Å²) in [6.45, 7) is 3.98. The van der Waals surface area contributed by atoms with Crippen molar-refractivity contribution in [2.24, 2.45) is 0 Å². The molecule has 0 aliphatic rings. The third-order valence-corrected chi connectivity index (χ3v) is 11.2. The number of amides is 1. The molecule has 0 aromatic heterocycles. The molecule has 6 nitrogen and oxygen atoms in total. The first-order valence-corrected chi connectivity index (χ1v) is 24.5. The number of aliphatic hydroxyl groups excluding tert-OH is 4. The Morgan fingerprint density at radius 2 is 0.807 bits per heavy atom. The van der Waals surface area contributed by atoms with E-state index in [1.54, 1.807) is 0 Å². The van der Waals surface area contributed by atoms with Gasteiger partial charge in [0.25, 0.3) is 0 Å². The van der Waals surface area contributed by atoms with Crippen molar-refractivity contribution in [3.63, 3.8) is 0 Å². The largest absolute Gasteiger partial charge is 0.394 e. The molecule has 0 aromatic rings. The summed E-state index contributed by atoms with van der Waals surface area (Å²) in [4.78, 5) is 12.5. The third-order valence-electron chi connectivity index (χ3n) is 11.2. The Morgan fingerprint density at radius 1 is 0.439 bits per heavy atom. The molecule has 0 aromatic carbocycles. The molecule has 4 atom stereocenters. The molecule has 0 saturated heterocycles. The first-order chi connectivity index (χ1) is 28.0. The predicted octanol–water partition coefficient (Wildman–Crippen LogP) is 13.5. The van der Waals surface area contributed by atoms with E-state index >= 15 is 0 Å². The van der Waals surface area contributed by atoms with Gasteiger partial charge in [0.05, 0.1) is 18.8 Å². The normalized spacial score (nSPS) is 14.4. The fraction of sp³-hybridized carbons (Fsp3) is 0.824. The van der Waals surface area contributed by atoms with Gasteiger partial charge in [0.2, 0.25) is 5.91 Å². The average Bonchev–Trinajstić information content (AvgIpc) is 3.22. The zero-order valence-corrected chi connectivity index (χ0v) is 37.6. The molecule has 4 unspecified atom stereocenters. The van der Waals surface area contributed by atoms with Crippen molar-refractivity contribution in [3.8, 4) is 0 Å². The molecule has 334 valence electrons. The van der Waals surface area contributed by atoms with Gasteiger partial charge in [-0.15, -0.1) is 0 Å². The van der Waals surface area contributed by atoms with Gasteiger partial charge < -0.3 is 25.7 Å². The Morgan fingerprint density at radius 3 is 1.26 bits per heavy atom. The number of nitrogens with one attached hydrogen (secondary N) is 1. The van der Waals surface area contributed by atoms with Crippen molar-refractivity contribution in [2.75, 3.05) is 6.61 Å². The van der Waals surface area contributed by atoms with E-state index in [0.29, 0.717) is 19.3 Å². The second-order valence-corrected chi connectivity index (χ2v) is 16.8. The Hall–Kier alpha value is -1.73. The fourth-order valence-corrected chi connectivity index (χ4v) is 7.32. The lowest BCUT2D eigenvalue weighted by molar-refractivity contribution is -0.132. The molecule has 1 amide bonds. The quantitative estimate of drug-likeness (QED) is 0.0311. The number of aliphatic hydroxyl groups is 4. The van der Waals surface area contributed by atoms with Gasteiger partial charge in [-0.3, -0.25) is 4.79 Å². The zero-order chi connectivity index (χ0) is 41.7. The summed E-state index contributed by atoms with van der Waals surface area (Å²) < 4.78 is 0. The van der Waals surface area contributed by atoms with Crippen LogP contribution in [0.3, 0.4) is 0 Å². The average molecular weight is 802 g/mol. The maximum atomic E-state index is 12.5. The highest BCUT2D eigenvalue weighted by Crippen LogP contribution is 2.16. The molecular weight excluding hydrogens is 707 g/mol. The van der Waals surface area contributed by atoms with E-state index in [1.807, 2.05) is 0 Å². The molecule has 0 radical (unpaired) electrons. The summed E-state index contributed by atoms with van der Waals surface area (Å²) in [5, 5.41) is 43.6. The summed E-state index contributed by atoms with van der Waals surface area (Å²) in [6, 6.07) is -1.01. The minimum absolute atomic E-state index is 0.358. The molecule has 0 spiro atoms. The molecule has 0 heterocycles. The van der Waals surface area contributed by atoms with Crippen LogP contribution in [0.4, 0.5) is 0 Å². The Bertz CT molecular complexity index is 946. The minimum Gasteiger partial charge on any atom is -0.394 e. The first-order valence-electron chi connectivity index (χ1n) is 24.5. The van der Waals surface area contributed by atoms with Crippen molar-refractivity contribution in [3.05, 3.63) is 48.6 Å². The van der Waals surface area contributed by atoms with Gasteiger partial charge in [-0.2, -0.15) is 0 Å². The highest BCUT2D eigenvalue weighted by atomic mass is 16.3. The van der Waals surface area contributed by atoms with Crippen LogP contribution in [-0.4, -0.2) is 57.3 Å². The van der Waals surface area contributed by atoms with Crippen LogP contribution < -0.4 is 5.32 Å². The number of hydrogen-bond acceptors (Lipinski definition) is 5. The molecular formula is C51H95NO5. The van der Waals surface area contributed by atoms with E-state index in [9.17, 15) is 25.2 Å². The molecule has 0 rings (SSSR count). The maximum absolute atomic E-state index is 12.5. The monoisotopic (exact) mass is 802 g/mol. The summed E-state index contributed by atoms with van der Waals surface area (Å²) in [5.41, 5.74) is 0. The summed E-state index contributed by atoms with van der Waals surface area (Å²) >= 11 is 0. The van der Waals surface area contributed by atoms with Gasteiger partial charge in [-0.05, 0) is 77.0 Å². The van der Waals surface area contributed by atoms with Gasteiger partial charge in [-0.25, -0.2) is 0 Å². The molecule has 0 fully saturated rings. The van der Waals surface area contributed by atoms with Gasteiger partial charge in [-0.1, -0.05) is 210 Å². The molecule has 6 heteroatoms. The lowest BCUT2D eigenvalue weighted by atomic mass is 10.00. The van der Waals surface area contributed by atoms with E-state index in [2.05, 4.69) is 67.8 Å². The van der Waals surface area contributed by atoms with Gasteiger partial charge >= 0.3 is 0 Å². The highest BCUT2D eigenvalue weighted by molar-refractivity contribution is 5.80. The van der Waals surface area contributed by atoms with E-state index in [1.165, 1.54) is 154 Å². The van der Waals surface area contributed by atoms with Crippen LogP contribution in [0.25, 0.3) is 0 Å². The zero-order valence-electron chi connectivity index (χ0n) is 37.6. The fourth-order valence-electron chi connectivity index (χ4n) is 7.32. The van der Waals surface area contributed by atoms with Gasteiger partial charge in [0.1, 0.15) is 12.2 Å². The molecule has 0 bridgehead atoms. The van der Waals surface area contributed by atoms with E-state index in [4.69, 9.17) is 0 Å². The number of hydrogen-bond donors (Lipinski definition) is 5. The number of carbonyl (C=O) groups is 1. The summed E-state index contributed by atoms with van der Waals surface area (Å²) in [5.74, 6) is -0.600. The lowest BCUT2D eigenvalue weighted by Crippen LogP contribution is -2.53. The van der Waals surface area contributed by atoms with Crippen LogP contribution in [0, 0.1) is 0 Å². The second-order valence-electron chi connectivity index (χ2n) is 16.8. The molecule has 0 aliphatic heterocycles. The minimum atomic E-state index is -1.29. The number of carbonyl (C=O) groups excluding carboxylic acids is 1. The van der Waals surface area contributed by atoms with Crippen LogP contribution in [0.5, 0.6) is 0 Å². The number of unbranched alkanes of at least 4 members (excludes halogenated alkanes) is 27. The third kappa shape index (κ3) is 39.5. The summed E-state index contributed by atoms with van der Waals surface area (Å²) in [6.07, 6.45) is 56.0. The van der Waals surface area contributed by atoms with Crippen molar-refractivity contribution in [1.82, 2.24) is 5.32 Å². The van der Waals surface area contributed by atoms with Crippen LogP contribution in [0.2, 0.25) is 0 Å². The van der Waals surface area contributed by atoms with Gasteiger partial charge in [0.15, 0.2) is 0 Å². The van der Waals surface area contributed by atoms with E-state index < -0.39 is 36.9 Å². The first kappa shape index (κ1) is 55.3. The Kier molecular flexibility index (Phi) is 44.0. The van der Waals surface area contributed by atoms with Crippen molar-refractivity contribution < 1.29 is 25.2 Å². The SMILES string of the molecule is CCCC/C=C/CC/C=C/CCCC(O)C(O)C(CO)NC(=O)C(O)CCCCCCCCCCCCCCCC/C=C\C/C=C\CCCCCCCCCCC. The van der Waals surface area contributed by atoms with Crippen LogP contribution in [-0.2, 0) is 4.79 Å². The lowest BCUT2D eigenvalue weighted by Gasteiger charge is -2.27. The highest BCUT2D eigenvalue weighted by Gasteiger charge is 2.28. The van der Waals surface area contributed by atoms with Crippen molar-refractivity contribution in [2.45, 2.75) is 263 Å². The van der Waals surface area contributed by atoms with Crippen LogP contribution in [0.15, 0.2) is 48.6 Å². The second kappa shape index (κ2) is 45.4. The maximum Gasteiger partial charge on any atom is 0.249 e. The molecule has 0 saturated carbocycles. The Balaban J connectivity index is 3.63.